The molecule has 0 saturated carbocycles. The van der Waals surface area contributed by atoms with Gasteiger partial charge in [-0.1, -0.05) is 18.2 Å². The summed E-state index contributed by atoms with van der Waals surface area (Å²) in [6, 6.07) is 12.4. The molecule has 0 amide bonds. The maximum Gasteiger partial charge on any atom is 0.181 e. The number of nitrogens with one attached hydrogen (secondary N) is 1. The van der Waals surface area contributed by atoms with E-state index in [9.17, 15) is 0 Å². The number of para-hydroxylation sites is 1. The summed E-state index contributed by atoms with van der Waals surface area (Å²) in [5.41, 5.74) is 3.72. The van der Waals surface area contributed by atoms with Gasteiger partial charge in [-0.25, -0.2) is 4.98 Å². The number of nitrogens with zero attached hydrogens (tertiary/aromatic N) is 4. The molecule has 5 nitrogen and oxygen atoms in total. The van der Waals surface area contributed by atoms with Crippen LogP contribution in [0.25, 0.3) is 11.4 Å². The van der Waals surface area contributed by atoms with Crippen LogP contribution in [0.2, 0.25) is 0 Å². The van der Waals surface area contributed by atoms with E-state index in [-0.39, 0.29) is 0 Å². The second-order valence-electron chi connectivity index (χ2n) is 5.50. The summed E-state index contributed by atoms with van der Waals surface area (Å²) < 4.78 is 0. The molecule has 5 heteroatoms. The standard InChI is InChI=1S/C17H17N5/c1-2-6-15-13(4-1)5-3-11-22(15)12-16-19-17(21-20-16)14-7-9-18-10-8-14/h1-2,4,6-10H,3,5,11-12H2,(H,19,20,21). The molecular weight excluding hydrogens is 274 g/mol. The van der Waals surface area contributed by atoms with Crippen LogP contribution in [-0.4, -0.2) is 26.7 Å². The molecule has 0 bridgehead atoms. The van der Waals surface area contributed by atoms with Crippen molar-refractivity contribution in [1.29, 1.82) is 0 Å². The number of fused-ring (bicyclic) bond motifs is 1. The van der Waals surface area contributed by atoms with E-state index >= 15 is 0 Å². The minimum Gasteiger partial charge on any atom is -0.364 e. The number of H-pyrrole nitrogens is 1. The van der Waals surface area contributed by atoms with E-state index in [2.05, 4.69) is 49.3 Å². The van der Waals surface area contributed by atoms with E-state index in [1.54, 1.807) is 12.4 Å². The van der Waals surface area contributed by atoms with Gasteiger partial charge in [0.25, 0.3) is 0 Å². The smallest absolute Gasteiger partial charge is 0.181 e. The Kier molecular flexibility index (Phi) is 3.31. The lowest BCUT2D eigenvalue weighted by molar-refractivity contribution is 0.675. The summed E-state index contributed by atoms with van der Waals surface area (Å²) >= 11 is 0. The SMILES string of the molecule is c1ccc2c(c1)CCCN2Cc1nc(-c2ccncc2)n[nH]1. The number of hydrogen-bond acceptors (Lipinski definition) is 4. The molecule has 1 aliphatic rings. The van der Waals surface area contributed by atoms with Gasteiger partial charge < -0.3 is 4.90 Å². The van der Waals surface area contributed by atoms with Gasteiger partial charge in [0.05, 0.1) is 6.54 Å². The molecule has 3 aromatic rings. The zero-order chi connectivity index (χ0) is 14.8. The van der Waals surface area contributed by atoms with E-state index in [1.807, 2.05) is 12.1 Å². The normalized spacial score (nSPS) is 13.9. The number of benzene rings is 1. The molecule has 0 saturated heterocycles. The average molecular weight is 291 g/mol. The first-order valence-electron chi connectivity index (χ1n) is 7.55. The van der Waals surface area contributed by atoms with Crippen molar-refractivity contribution >= 4 is 5.69 Å². The van der Waals surface area contributed by atoms with E-state index in [0.29, 0.717) is 0 Å². The lowest BCUT2D eigenvalue weighted by Crippen LogP contribution is -2.29. The fourth-order valence-electron chi connectivity index (χ4n) is 2.95. The molecule has 1 N–H and O–H groups in total. The number of aryl methyl sites for hydroxylation is 1. The highest BCUT2D eigenvalue weighted by molar-refractivity contribution is 5.56. The molecule has 22 heavy (non-hydrogen) atoms. The largest absolute Gasteiger partial charge is 0.364 e. The first-order valence-corrected chi connectivity index (χ1v) is 7.55. The van der Waals surface area contributed by atoms with Crippen LogP contribution in [0.4, 0.5) is 5.69 Å². The molecule has 1 aliphatic heterocycles. The van der Waals surface area contributed by atoms with Crippen molar-refractivity contribution in [2.75, 3.05) is 11.4 Å². The summed E-state index contributed by atoms with van der Waals surface area (Å²) in [5, 5.41) is 7.38. The van der Waals surface area contributed by atoms with Gasteiger partial charge in [-0.3, -0.25) is 10.1 Å². The Morgan fingerprint density at radius 3 is 2.86 bits per heavy atom. The number of hydrogen-bond donors (Lipinski definition) is 1. The number of rotatable bonds is 3. The van der Waals surface area contributed by atoms with E-state index in [4.69, 9.17) is 0 Å². The predicted molar refractivity (Wildman–Crippen MR) is 85.4 cm³/mol. The number of pyridine rings is 1. The maximum atomic E-state index is 4.61. The highest BCUT2D eigenvalue weighted by atomic mass is 15.3. The summed E-state index contributed by atoms with van der Waals surface area (Å²) in [6.45, 7) is 1.82. The van der Waals surface area contributed by atoms with Gasteiger partial charge >= 0.3 is 0 Å². The van der Waals surface area contributed by atoms with Crippen molar-refractivity contribution in [3.63, 3.8) is 0 Å². The van der Waals surface area contributed by atoms with Crippen LogP contribution in [0.3, 0.4) is 0 Å². The van der Waals surface area contributed by atoms with Crippen molar-refractivity contribution < 1.29 is 0 Å². The third kappa shape index (κ3) is 2.45. The number of anilines is 1. The quantitative estimate of drug-likeness (QED) is 0.806. The van der Waals surface area contributed by atoms with Gasteiger partial charge in [-0.05, 0) is 36.6 Å². The van der Waals surface area contributed by atoms with Crippen molar-refractivity contribution in [1.82, 2.24) is 20.2 Å². The third-order valence-electron chi connectivity index (χ3n) is 4.02. The monoisotopic (exact) mass is 291 g/mol. The molecule has 3 heterocycles. The van der Waals surface area contributed by atoms with Crippen LogP contribution in [0.5, 0.6) is 0 Å². The lowest BCUT2D eigenvalue weighted by Gasteiger charge is -2.30. The first kappa shape index (κ1) is 13.0. The van der Waals surface area contributed by atoms with Crippen LogP contribution >= 0.6 is 0 Å². The van der Waals surface area contributed by atoms with Crippen LogP contribution in [0, 0.1) is 0 Å². The van der Waals surface area contributed by atoms with Crippen LogP contribution in [0.1, 0.15) is 17.8 Å². The molecule has 0 unspecified atom stereocenters. The predicted octanol–water partition coefficient (Wildman–Crippen LogP) is 2.82. The van der Waals surface area contributed by atoms with Crippen LogP contribution in [-0.2, 0) is 13.0 Å². The van der Waals surface area contributed by atoms with Crippen LogP contribution in [0.15, 0.2) is 48.8 Å². The fraction of sp³-hybridized carbons (Fsp3) is 0.235. The fourth-order valence-corrected chi connectivity index (χ4v) is 2.95. The second-order valence-corrected chi connectivity index (χ2v) is 5.50. The molecule has 0 radical (unpaired) electrons. The summed E-state index contributed by atoms with van der Waals surface area (Å²) in [5.74, 6) is 1.62. The zero-order valence-corrected chi connectivity index (χ0v) is 12.2. The molecule has 1 aromatic carbocycles. The van der Waals surface area contributed by atoms with Gasteiger partial charge in [0.15, 0.2) is 5.82 Å². The molecule has 0 atom stereocenters. The minimum atomic E-state index is 0.725. The number of aromatic nitrogens is 4. The summed E-state index contributed by atoms with van der Waals surface area (Å²) in [6.07, 6.45) is 5.85. The number of aromatic amines is 1. The Labute approximate surface area is 129 Å². The molecule has 0 aliphatic carbocycles. The summed E-state index contributed by atoms with van der Waals surface area (Å²) in [7, 11) is 0. The molecule has 0 fully saturated rings. The Morgan fingerprint density at radius 1 is 1.09 bits per heavy atom. The van der Waals surface area contributed by atoms with Crippen molar-refractivity contribution in [2.24, 2.45) is 0 Å². The van der Waals surface area contributed by atoms with Crippen molar-refractivity contribution in [2.45, 2.75) is 19.4 Å². The maximum absolute atomic E-state index is 4.61. The Bertz CT molecular complexity index is 765. The lowest BCUT2D eigenvalue weighted by atomic mass is 10.0. The Balaban J connectivity index is 1.57. The highest BCUT2D eigenvalue weighted by Crippen LogP contribution is 2.27. The van der Waals surface area contributed by atoms with E-state index in [0.717, 1.165) is 36.7 Å². The van der Waals surface area contributed by atoms with Gasteiger partial charge in [-0.2, -0.15) is 5.10 Å². The van der Waals surface area contributed by atoms with E-state index < -0.39 is 0 Å². The van der Waals surface area contributed by atoms with Gasteiger partial charge in [0.1, 0.15) is 5.82 Å². The van der Waals surface area contributed by atoms with Gasteiger partial charge in [-0.15, -0.1) is 0 Å². The molecular formula is C17H17N5. The molecule has 0 spiro atoms. The van der Waals surface area contributed by atoms with Crippen molar-refractivity contribution in [3.8, 4) is 11.4 Å². The van der Waals surface area contributed by atoms with Gasteiger partial charge in [0.2, 0.25) is 0 Å². The van der Waals surface area contributed by atoms with E-state index in [1.165, 1.54) is 17.7 Å². The highest BCUT2D eigenvalue weighted by Gasteiger charge is 2.17. The first-order chi connectivity index (χ1) is 10.9. The van der Waals surface area contributed by atoms with Crippen LogP contribution < -0.4 is 4.90 Å². The zero-order valence-electron chi connectivity index (χ0n) is 12.2. The van der Waals surface area contributed by atoms with Crippen molar-refractivity contribution in [3.05, 3.63) is 60.2 Å². The molecule has 2 aromatic heterocycles. The Hall–Kier alpha value is -2.69. The average Bonchev–Trinajstić information content (AvgIpc) is 3.05. The second kappa shape index (κ2) is 5.60. The molecule has 4 rings (SSSR count). The molecule has 110 valence electrons. The summed E-state index contributed by atoms with van der Waals surface area (Å²) in [4.78, 5) is 11.0. The Morgan fingerprint density at radius 2 is 1.95 bits per heavy atom. The topological polar surface area (TPSA) is 57.7 Å². The minimum absolute atomic E-state index is 0.725. The third-order valence-corrected chi connectivity index (χ3v) is 4.02. The van der Waals surface area contributed by atoms with Gasteiger partial charge in [0, 0.05) is 30.2 Å².